The summed E-state index contributed by atoms with van der Waals surface area (Å²) in [7, 11) is 0. The van der Waals surface area contributed by atoms with Crippen molar-refractivity contribution in [3.63, 3.8) is 0 Å². The summed E-state index contributed by atoms with van der Waals surface area (Å²) < 4.78 is 0. The summed E-state index contributed by atoms with van der Waals surface area (Å²) in [6, 6.07) is 16.6. The van der Waals surface area contributed by atoms with Crippen molar-refractivity contribution in [2.45, 2.75) is 25.4 Å². The molecule has 0 atom stereocenters. The van der Waals surface area contributed by atoms with E-state index in [0.717, 1.165) is 43.9 Å². The third kappa shape index (κ3) is 3.63. The van der Waals surface area contributed by atoms with Gasteiger partial charge in [0.25, 0.3) is 0 Å². The summed E-state index contributed by atoms with van der Waals surface area (Å²) >= 11 is 0. The summed E-state index contributed by atoms with van der Waals surface area (Å²) in [5, 5.41) is 12.5. The van der Waals surface area contributed by atoms with Gasteiger partial charge in [0.05, 0.1) is 11.6 Å². The number of hydrogen-bond acceptors (Lipinski definition) is 4. The molecule has 0 spiro atoms. The molecule has 0 aliphatic carbocycles. The Balaban J connectivity index is 1.49. The van der Waals surface area contributed by atoms with Crippen LogP contribution in [0.5, 0.6) is 0 Å². The van der Waals surface area contributed by atoms with Gasteiger partial charge in [-0.25, -0.2) is 4.98 Å². The third-order valence-corrected chi connectivity index (χ3v) is 4.12. The van der Waals surface area contributed by atoms with E-state index >= 15 is 0 Å². The summed E-state index contributed by atoms with van der Waals surface area (Å²) in [6.07, 6.45) is 4.09. The number of anilines is 1. The topological polar surface area (TPSA) is 52.0 Å². The van der Waals surface area contributed by atoms with Crippen LogP contribution in [-0.4, -0.2) is 24.1 Å². The Morgan fingerprint density at radius 1 is 1.18 bits per heavy atom. The quantitative estimate of drug-likeness (QED) is 0.941. The van der Waals surface area contributed by atoms with Gasteiger partial charge in [0.1, 0.15) is 5.82 Å². The molecule has 0 radical (unpaired) electrons. The molecule has 22 heavy (non-hydrogen) atoms. The fourth-order valence-electron chi connectivity index (χ4n) is 2.87. The fourth-order valence-corrected chi connectivity index (χ4v) is 2.87. The lowest BCUT2D eigenvalue weighted by Gasteiger charge is -2.33. The summed E-state index contributed by atoms with van der Waals surface area (Å²) in [5.74, 6) is 1.07. The number of nitriles is 1. The highest BCUT2D eigenvalue weighted by Crippen LogP contribution is 2.17. The van der Waals surface area contributed by atoms with Crippen LogP contribution in [0.25, 0.3) is 0 Å². The summed E-state index contributed by atoms with van der Waals surface area (Å²) in [5.41, 5.74) is 1.90. The molecule has 1 aliphatic rings. The lowest BCUT2D eigenvalue weighted by molar-refractivity contribution is 0.413. The van der Waals surface area contributed by atoms with E-state index in [9.17, 15) is 0 Å². The first kappa shape index (κ1) is 14.6. The highest BCUT2D eigenvalue weighted by molar-refractivity contribution is 5.38. The maximum absolute atomic E-state index is 8.93. The lowest BCUT2D eigenvalue weighted by Crippen LogP contribution is -2.42. The minimum absolute atomic E-state index is 0.533. The lowest BCUT2D eigenvalue weighted by atomic mass is 10.0. The van der Waals surface area contributed by atoms with E-state index in [1.54, 1.807) is 0 Å². The van der Waals surface area contributed by atoms with Gasteiger partial charge in [0, 0.05) is 31.9 Å². The Kier molecular flexibility index (Phi) is 4.67. The van der Waals surface area contributed by atoms with E-state index in [0.29, 0.717) is 6.04 Å². The first-order chi connectivity index (χ1) is 10.8. The predicted molar refractivity (Wildman–Crippen MR) is 87.5 cm³/mol. The van der Waals surface area contributed by atoms with Crippen molar-refractivity contribution >= 4 is 5.82 Å². The molecule has 4 heteroatoms. The van der Waals surface area contributed by atoms with Crippen LogP contribution in [0.4, 0.5) is 5.82 Å². The van der Waals surface area contributed by atoms with Gasteiger partial charge >= 0.3 is 0 Å². The molecular formula is C18H20N4. The van der Waals surface area contributed by atoms with Crippen molar-refractivity contribution in [2.24, 2.45) is 0 Å². The van der Waals surface area contributed by atoms with Crippen LogP contribution < -0.4 is 10.2 Å². The zero-order chi connectivity index (χ0) is 15.2. The summed E-state index contributed by atoms with van der Waals surface area (Å²) in [4.78, 5) is 6.76. The number of benzene rings is 1. The normalized spacial score (nSPS) is 15.5. The molecule has 3 rings (SSSR count). The van der Waals surface area contributed by atoms with Crippen LogP contribution in [0.15, 0.2) is 48.7 Å². The number of hydrogen-bond donors (Lipinski definition) is 1. The van der Waals surface area contributed by atoms with Gasteiger partial charge in [-0.15, -0.1) is 0 Å². The van der Waals surface area contributed by atoms with Gasteiger partial charge in [0.2, 0.25) is 0 Å². The van der Waals surface area contributed by atoms with E-state index in [1.165, 1.54) is 5.56 Å². The van der Waals surface area contributed by atoms with E-state index in [-0.39, 0.29) is 0 Å². The van der Waals surface area contributed by atoms with Crippen LogP contribution in [0.2, 0.25) is 0 Å². The number of rotatable bonds is 4. The zero-order valence-electron chi connectivity index (χ0n) is 12.6. The van der Waals surface area contributed by atoms with Crippen LogP contribution in [0.3, 0.4) is 0 Å². The monoisotopic (exact) mass is 292 g/mol. The molecule has 0 saturated carbocycles. The standard InChI is InChI=1S/C18H20N4/c19-13-15-4-3-5-16(12-15)14-21-17-7-10-22(11-8-17)18-6-1-2-9-20-18/h1-6,9,12,17,21H,7-8,10-11,14H2. The molecule has 0 unspecified atom stereocenters. The van der Waals surface area contributed by atoms with Gasteiger partial charge in [-0.1, -0.05) is 18.2 Å². The first-order valence-corrected chi connectivity index (χ1v) is 7.73. The number of nitrogens with one attached hydrogen (secondary N) is 1. The fraction of sp³-hybridized carbons (Fsp3) is 0.333. The molecule has 0 amide bonds. The average molecular weight is 292 g/mol. The minimum Gasteiger partial charge on any atom is -0.357 e. The van der Waals surface area contributed by atoms with Crippen LogP contribution in [0.1, 0.15) is 24.0 Å². The molecule has 1 N–H and O–H groups in total. The Labute approximate surface area is 131 Å². The smallest absolute Gasteiger partial charge is 0.128 e. The van der Waals surface area contributed by atoms with E-state index in [1.807, 2.05) is 36.5 Å². The molecule has 112 valence electrons. The van der Waals surface area contributed by atoms with E-state index in [4.69, 9.17) is 5.26 Å². The maximum atomic E-state index is 8.93. The van der Waals surface area contributed by atoms with Crippen LogP contribution in [-0.2, 0) is 6.54 Å². The predicted octanol–water partition coefficient (Wildman–Crippen LogP) is 2.71. The highest BCUT2D eigenvalue weighted by Gasteiger charge is 2.19. The molecule has 1 fully saturated rings. The van der Waals surface area contributed by atoms with E-state index in [2.05, 4.69) is 33.4 Å². The molecule has 2 aromatic rings. The van der Waals surface area contributed by atoms with Crippen molar-refractivity contribution in [3.05, 3.63) is 59.8 Å². The van der Waals surface area contributed by atoms with Crippen molar-refractivity contribution < 1.29 is 0 Å². The zero-order valence-corrected chi connectivity index (χ0v) is 12.6. The largest absolute Gasteiger partial charge is 0.357 e. The molecule has 2 heterocycles. The van der Waals surface area contributed by atoms with Crippen molar-refractivity contribution in [3.8, 4) is 6.07 Å². The second-order valence-corrected chi connectivity index (χ2v) is 5.64. The number of nitrogens with zero attached hydrogens (tertiary/aromatic N) is 3. The van der Waals surface area contributed by atoms with Crippen molar-refractivity contribution in [1.82, 2.24) is 10.3 Å². The minimum atomic E-state index is 0.533. The molecule has 1 aromatic carbocycles. The first-order valence-electron chi connectivity index (χ1n) is 7.73. The van der Waals surface area contributed by atoms with Gasteiger partial charge in [-0.2, -0.15) is 5.26 Å². The van der Waals surface area contributed by atoms with Gasteiger partial charge in [0.15, 0.2) is 0 Å². The molecule has 1 saturated heterocycles. The second-order valence-electron chi connectivity index (χ2n) is 5.64. The van der Waals surface area contributed by atoms with Gasteiger partial charge in [-0.05, 0) is 42.7 Å². The number of piperidine rings is 1. The van der Waals surface area contributed by atoms with Crippen LogP contribution >= 0.6 is 0 Å². The van der Waals surface area contributed by atoms with Gasteiger partial charge < -0.3 is 10.2 Å². The maximum Gasteiger partial charge on any atom is 0.128 e. The average Bonchev–Trinajstić information content (AvgIpc) is 2.61. The Hall–Kier alpha value is -2.38. The third-order valence-electron chi connectivity index (χ3n) is 4.12. The van der Waals surface area contributed by atoms with E-state index < -0.39 is 0 Å². The SMILES string of the molecule is N#Cc1cccc(CNC2CCN(c3ccccn3)CC2)c1. The Bertz CT molecular complexity index is 640. The number of pyridine rings is 1. The van der Waals surface area contributed by atoms with Gasteiger partial charge in [-0.3, -0.25) is 0 Å². The number of aromatic nitrogens is 1. The summed E-state index contributed by atoms with van der Waals surface area (Å²) in [6.45, 7) is 2.89. The Morgan fingerprint density at radius 2 is 2.05 bits per heavy atom. The second kappa shape index (κ2) is 7.06. The van der Waals surface area contributed by atoms with Crippen LogP contribution in [0, 0.1) is 11.3 Å². The molecule has 0 bridgehead atoms. The van der Waals surface area contributed by atoms with Crippen molar-refractivity contribution in [1.29, 1.82) is 5.26 Å². The highest BCUT2D eigenvalue weighted by atomic mass is 15.2. The Morgan fingerprint density at radius 3 is 2.77 bits per heavy atom. The molecular weight excluding hydrogens is 272 g/mol. The molecule has 1 aliphatic heterocycles. The molecule has 1 aromatic heterocycles. The molecule has 4 nitrogen and oxygen atoms in total. The van der Waals surface area contributed by atoms with Crippen molar-refractivity contribution in [2.75, 3.05) is 18.0 Å².